The lowest BCUT2D eigenvalue weighted by atomic mass is 10.1. The second-order valence-electron chi connectivity index (χ2n) is 6.13. The van der Waals surface area contributed by atoms with E-state index in [-0.39, 0.29) is 5.91 Å². The van der Waals surface area contributed by atoms with E-state index >= 15 is 0 Å². The number of methoxy groups -OCH3 is 1. The zero-order valence-electron chi connectivity index (χ0n) is 14.0. The first kappa shape index (κ1) is 17.1. The summed E-state index contributed by atoms with van der Waals surface area (Å²) in [4.78, 5) is 20.9. The molecule has 1 atom stereocenters. The van der Waals surface area contributed by atoms with Gasteiger partial charge in [0, 0.05) is 52.2 Å². The molecule has 1 unspecified atom stereocenters. The van der Waals surface area contributed by atoms with Gasteiger partial charge in [-0.05, 0) is 26.2 Å². The second kappa shape index (κ2) is 8.98. The topological polar surface area (TPSA) is 57.2 Å². The van der Waals surface area contributed by atoms with Crippen molar-refractivity contribution < 1.29 is 9.53 Å². The summed E-state index contributed by atoms with van der Waals surface area (Å²) in [6, 6.07) is 0. The first-order valence-electron chi connectivity index (χ1n) is 8.54. The molecule has 0 saturated carbocycles. The number of likely N-dealkylation sites (tertiary alicyclic amines) is 2. The van der Waals surface area contributed by atoms with Crippen LogP contribution in [0.15, 0.2) is 4.99 Å². The first-order valence-corrected chi connectivity index (χ1v) is 8.54. The van der Waals surface area contributed by atoms with Crippen LogP contribution in [-0.4, -0.2) is 74.7 Å². The predicted molar refractivity (Wildman–Crippen MR) is 88.0 cm³/mol. The number of carbonyl (C=O) groups is 1. The minimum absolute atomic E-state index is 0.246. The SMILES string of the molecule is CCNC(=NCCC(=O)N1CCCC1)N1CCC(COC)C1. The maximum absolute atomic E-state index is 12.0. The lowest BCUT2D eigenvalue weighted by molar-refractivity contribution is -0.129. The summed E-state index contributed by atoms with van der Waals surface area (Å²) in [6.45, 7) is 8.16. The monoisotopic (exact) mass is 310 g/mol. The molecule has 2 aliphatic rings. The normalized spacial score (nSPS) is 22.5. The van der Waals surface area contributed by atoms with Crippen molar-refractivity contribution in [3.63, 3.8) is 0 Å². The van der Waals surface area contributed by atoms with Crippen molar-refractivity contribution in [2.75, 3.05) is 53.0 Å². The Morgan fingerprint density at radius 3 is 2.73 bits per heavy atom. The maximum Gasteiger partial charge on any atom is 0.224 e. The van der Waals surface area contributed by atoms with Crippen LogP contribution < -0.4 is 5.32 Å². The molecule has 1 N–H and O–H groups in total. The number of ether oxygens (including phenoxy) is 1. The van der Waals surface area contributed by atoms with Gasteiger partial charge < -0.3 is 19.9 Å². The molecule has 0 aliphatic carbocycles. The predicted octanol–water partition coefficient (Wildman–Crippen LogP) is 0.933. The van der Waals surface area contributed by atoms with Crippen LogP contribution in [0.5, 0.6) is 0 Å². The molecule has 2 heterocycles. The Hall–Kier alpha value is -1.30. The van der Waals surface area contributed by atoms with Crippen LogP contribution in [0.4, 0.5) is 0 Å². The Labute approximate surface area is 133 Å². The molecule has 0 bridgehead atoms. The van der Waals surface area contributed by atoms with Crippen molar-refractivity contribution in [2.24, 2.45) is 10.9 Å². The summed E-state index contributed by atoms with van der Waals surface area (Å²) in [5, 5.41) is 3.34. The highest BCUT2D eigenvalue weighted by molar-refractivity contribution is 5.81. The van der Waals surface area contributed by atoms with Gasteiger partial charge in [0.1, 0.15) is 0 Å². The first-order chi connectivity index (χ1) is 10.7. The van der Waals surface area contributed by atoms with Crippen LogP contribution >= 0.6 is 0 Å². The van der Waals surface area contributed by atoms with Gasteiger partial charge in [-0.3, -0.25) is 9.79 Å². The van der Waals surface area contributed by atoms with E-state index < -0.39 is 0 Å². The molecule has 0 aromatic rings. The van der Waals surface area contributed by atoms with Crippen LogP contribution in [-0.2, 0) is 9.53 Å². The fraction of sp³-hybridized carbons (Fsp3) is 0.875. The van der Waals surface area contributed by atoms with Crippen LogP contribution in [0.1, 0.15) is 32.6 Å². The van der Waals surface area contributed by atoms with E-state index in [4.69, 9.17) is 4.74 Å². The fourth-order valence-corrected chi connectivity index (χ4v) is 3.20. The third kappa shape index (κ3) is 4.87. The van der Waals surface area contributed by atoms with Gasteiger partial charge >= 0.3 is 0 Å². The molecule has 2 rings (SSSR count). The molecular formula is C16H30N4O2. The van der Waals surface area contributed by atoms with Gasteiger partial charge in [-0.15, -0.1) is 0 Å². The number of aliphatic imine (C=N–C) groups is 1. The molecule has 6 nitrogen and oxygen atoms in total. The van der Waals surface area contributed by atoms with Gasteiger partial charge in [0.15, 0.2) is 5.96 Å². The van der Waals surface area contributed by atoms with Crippen molar-refractivity contribution in [1.82, 2.24) is 15.1 Å². The summed E-state index contributed by atoms with van der Waals surface area (Å²) >= 11 is 0. The van der Waals surface area contributed by atoms with E-state index in [1.807, 2.05) is 4.90 Å². The summed E-state index contributed by atoms with van der Waals surface area (Å²) < 4.78 is 5.25. The van der Waals surface area contributed by atoms with Gasteiger partial charge in [0.05, 0.1) is 13.2 Å². The van der Waals surface area contributed by atoms with Crippen molar-refractivity contribution in [3.8, 4) is 0 Å². The minimum Gasteiger partial charge on any atom is -0.384 e. The Morgan fingerprint density at radius 1 is 1.27 bits per heavy atom. The fourth-order valence-electron chi connectivity index (χ4n) is 3.20. The number of nitrogens with zero attached hydrogens (tertiary/aromatic N) is 3. The van der Waals surface area contributed by atoms with Gasteiger partial charge in [-0.25, -0.2) is 0 Å². The molecule has 6 heteroatoms. The molecule has 1 amide bonds. The lowest BCUT2D eigenvalue weighted by Gasteiger charge is -2.22. The zero-order chi connectivity index (χ0) is 15.8. The van der Waals surface area contributed by atoms with Gasteiger partial charge in [-0.2, -0.15) is 0 Å². The quantitative estimate of drug-likeness (QED) is 0.586. The van der Waals surface area contributed by atoms with E-state index in [1.54, 1.807) is 7.11 Å². The molecule has 2 aliphatic heterocycles. The number of amides is 1. The summed E-state index contributed by atoms with van der Waals surface area (Å²) in [6.07, 6.45) is 3.95. The van der Waals surface area contributed by atoms with E-state index in [9.17, 15) is 4.79 Å². The Morgan fingerprint density at radius 2 is 2.05 bits per heavy atom. The van der Waals surface area contributed by atoms with Crippen molar-refractivity contribution in [3.05, 3.63) is 0 Å². The van der Waals surface area contributed by atoms with Crippen LogP contribution in [0, 0.1) is 5.92 Å². The van der Waals surface area contributed by atoms with Crippen molar-refractivity contribution >= 4 is 11.9 Å². The molecule has 2 saturated heterocycles. The molecule has 0 radical (unpaired) electrons. The number of hydrogen-bond donors (Lipinski definition) is 1. The van der Waals surface area contributed by atoms with E-state index in [0.717, 1.165) is 64.6 Å². The average Bonchev–Trinajstić information content (AvgIpc) is 3.18. The third-order valence-electron chi connectivity index (χ3n) is 4.37. The molecule has 0 aromatic heterocycles. The zero-order valence-corrected chi connectivity index (χ0v) is 14.0. The smallest absolute Gasteiger partial charge is 0.224 e. The van der Waals surface area contributed by atoms with E-state index in [1.165, 1.54) is 0 Å². The van der Waals surface area contributed by atoms with E-state index in [0.29, 0.717) is 18.9 Å². The number of guanidine groups is 1. The third-order valence-corrected chi connectivity index (χ3v) is 4.37. The molecule has 22 heavy (non-hydrogen) atoms. The Balaban J connectivity index is 1.80. The number of rotatable bonds is 6. The van der Waals surface area contributed by atoms with Gasteiger partial charge in [0.2, 0.25) is 5.91 Å². The molecular weight excluding hydrogens is 280 g/mol. The van der Waals surface area contributed by atoms with Crippen molar-refractivity contribution in [2.45, 2.75) is 32.6 Å². The maximum atomic E-state index is 12.0. The average molecular weight is 310 g/mol. The van der Waals surface area contributed by atoms with Crippen molar-refractivity contribution in [1.29, 1.82) is 0 Å². The second-order valence-corrected chi connectivity index (χ2v) is 6.13. The molecule has 2 fully saturated rings. The highest BCUT2D eigenvalue weighted by atomic mass is 16.5. The van der Waals surface area contributed by atoms with Gasteiger partial charge in [0.25, 0.3) is 0 Å². The molecule has 126 valence electrons. The van der Waals surface area contributed by atoms with Crippen LogP contribution in [0.25, 0.3) is 0 Å². The number of carbonyl (C=O) groups excluding carboxylic acids is 1. The summed E-state index contributed by atoms with van der Waals surface area (Å²) in [7, 11) is 1.76. The molecule has 0 aromatic carbocycles. The summed E-state index contributed by atoms with van der Waals surface area (Å²) in [5.41, 5.74) is 0. The number of hydrogen-bond acceptors (Lipinski definition) is 3. The van der Waals surface area contributed by atoms with Gasteiger partial charge in [-0.1, -0.05) is 0 Å². The standard InChI is InChI=1S/C16H30N4O2/c1-3-17-16(20-11-7-14(12-20)13-22-2)18-8-6-15(21)19-9-4-5-10-19/h14H,3-13H2,1-2H3,(H,17,18). The minimum atomic E-state index is 0.246. The summed E-state index contributed by atoms with van der Waals surface area (Å²) in [5.74, 6) is 1.77. The highest BCUT2D eigenvalue weighted by Crippen LogP contribution is 2.16. The van der Waals surface area contributed by atoms with Crippen LogP contribution in [0.3, 0.4) is 0 Å². The number of nitrogens with one attached hydrogen (secondary N) is 1. The lowest BCUT2D eigenvalue weighted by Crippen LogP contribution is -2.40. The highest BCUT2D eigenvalue weighted by Gasteiger charge is 2.24. The van der Waals surface area contributed by atoms with E-state index in [2.05, 4.69) is 22.1 Å². The van der Waals surface area contributed by atoms with Crippen LogP contribution in [0.2, 0.25) is 0 Å². The molecule has 0 spiro atoms. The Kier molecular flexibility index (Phi) is 6.96. The largest absolute Gasteiger partial charge is 0.384 e. The Bertz CT molecular complexity index is 380.